The van der Waals surface area contributed by atoms with Gasteiger partial charge in [-0.2, -0.15) is 0 Å². The number of hydrogen-bond acceptors (Lipinski definition) is 6. The van der Waals surface area contributed by atoms with Crippen LogP contribution in [0, 0.1) is 11.6 Å². The third kappa shape index (κ3) is 8.61. The van der Waals surface area contributed by atoms with Crippen molar-refractivity contribution in [2.24, 2.45) is 5.73 Å². The molecule has 266 valence electrons. The summed E-state index contributed by atoms with van der Waals surface area (Å²) in [6.45, 7) is 9.82. The third-order valence-corrected chi connectivity index (χ3v) is 9.31. The molecule has 2 unspecified atom stereocenters. The van der Waals surface area contributed by atoms with Gasteiger partial charge >= 0.3 is 0 Å². The smallest absolute Gasteiger partial charge is 0.251 e. The van der Waals surface area contributed by atoms with Crippen molar-refractivity contribution < 1.29 is 27.8 Å². The van der Waals surface area contributed by atoms with Gasteiger partial charge in [0.2, 0.25) is 0 Å². The van der Waals surface area contributed by atoms with Crippen LogP contribution in [-0.2, 0) is 6.42 Å². The van der Waals surface area contributed by atoms with Gasteiger partial charge < -0.3 is 20.9 Å². The zero-order valence-corrected chi connectivity index (χ0v) is 31.1. The molecular formula is C38H48BrF3N4O3. The summed E-state index contributed by atoms with van der Waals surface area (Å²) in [6.07, 6.45) is 3.94. The number of aromatic nitrogens is 2. The van der Waals surface area contributed by atoms with Gasteiger partial charge in [0.25, 0.3) is 5.91 Å². The number of nitrogens with one attached hydrogen (secondary N) is 1. The van der Waals surface area contributed by atoms with Crippen LogP contribution in [-0.4, -0.2) is 54.5 Å². The first-order valence-electron chi connectivity index (χ1n) is 16.6. The lowest BCUT2D eigenvalue weighted by Crippen LogP contribution is -2.33. The second-order valence-electron chi connectivity index (χ2n) is 12.1. The minimum Gasteiger partial charge on any atom is -0.494 e. The average Bonchev–Trinajstić information content (AvgIpc) is 3.74. The quantitative estimate of drug-likeness (QED) is 0.167. The van der Waals surface area contributed by atoms with E-state index in [2.05, 4.69) is 38.9 Å². The number of halogens is 4. The van der Waals surface area contributed by atoms with Crippen molar-refractivity contribution in [3.05, 3.63) is 86.6 Å². The number of aliphatic hydroxyl groups excluding tert-OH is 1. The fourth-order valence-corrected chi connectivity index (χ4v) is 6.56. The Hall–Kier alpha value is -3.54. The zero-order chi connectivity index (χ0) is 36.6. The van der Waals surface area contributed by atoms with Crippen molar-refractivity contribution in [3.63, 3.8) is 0 Å². The van der Waals surface area contributed by atoms with Crippen LogP contribution in [0.25, 0.3) is 22.2 Å². The Kier molecular flexibility index (Phi) is 14.2. The third-order valence-electron chi connectivity index (χ3n) is 8.87. The maximum Gasteiger partial charge on any atom is 0.251 e. The number of pyridine rings is 2. The van der Waals surface area contributed by atoms with Crippen LogP contribution in [0.1, 0.15) is 104 Å². The molecule has 0 saturated heterocycles. The van der Waals surface area contributed by atoms with E-state index in [1.807, 2.05) is 39.8 Å². The van der Waals surface area contributed by atoms with Gasteiger partial charge in [0.05, 0.1) is 18.7 Å². The Labute approximate surface area is 296 Å². The van der Waals surface area contributed by atoms with E-state index in [9.17, 15) is 9.18 Å². The van der Waals surface area contributed by atoms with Crippen molar-refractivity contribution in [3.8, 4) is 17.0 Å². The highest BCUT2D eigenvalue weighted by atomic mass is 79.9. The van der Waals surface area contributed by atoms with E-state index in [1.165, 1.54) is 14.2 Å². The van der Waals surface area contributed by atoms with Gasteiger partial charge in [-0.05, 0) is 108 Å². The molecular weight excluding hydrogens is 697 g/mol. The van der Waals surface area contributed by atoms with Crippen LogP contribution >= 0.6 is 15.9 Å². The van der Waals surface area contributed by atoms with Gasteiger partial charge in [-0.3, -0.25) is 14.8 Å². The van der Waals surface area contributed by atoms with E-state index < -0.39 is 23.2 Å². The topological polar surface area (TPSA) is 110 Å². The fourth-order valence-electron chi connectivity index (χ4n) is 6.22. The molecule has 0 bridgehead atoms. The molecule has 49 heavy (non-hydrogen) atoms. The number of alkyl halides is 1. The second kappa shape index (κ2) is 17.4. The molecule has 2 aromatic heterocycles. The predicted octanol–water partition coefficient (Wildman–Crippen LogP) is 8.74. The minimum absolute atomic E-state index is 0.00910. The van der Waals surface area contributed by atoms with Crippen LogP contribution in [0.3, 0.4) is 0 Å². The fraction of sp³-hybridized carbons (Fsp3) is 0.447. The van der Waals surface area contributed by atoms with Crippen LogP contribution in [0.2, 0.25) is 0 Å². The molecule has 0 spiro atoms. The molecule has 1 fully saturated rings. The average molecular weight is 746 g/mol. The lowest BCUT2D eigenvalue weighted by atomic mass is 9.90. The van der Waals surface area contributed by atoms with Gasteiger partial charge in [-0.15, -0.1) is 0 Å². The molecule has 0 radical (unpaired) electrons. The minimum atomic E-state index is -1.53. The molecule has 2 heterocycles. The zero-order valence-electron chi connectivity index (χ0n) is 29.6. The Balaban J connectivity index is 0.00000103. The largest absolute Gasteiger partial charge is 0.494 e. The predicted molar refractivity (Wildman–Crippen MR) is 194 cm³/mol. The molecule has 1 amide bonds. The van der Waals surface area contributed by atoms with Crippen molar-refractivity contribution in [1.82, 2.24) is 15.3 Å². The first kappa shape index (κ1) is 39.9. The molecule has 2 aromatic carbocycles. The number of carbonyl (C=O) groups excluding carboxylic acids is 1. The van der Waals surface area contributed by atoms with E-state index in [0.717, 1.165) is 40.6 Å². The van der Waals surface area contributed by atoms with Crippen LogP contribution < -0.4 is 15.8 Å². The summed E-state index contributed by atoms with van der Waals surface area (Å²) in [5.74, 6) is -1.90. The van der Waals surface area contributed by atoms with E-state index in [-0.39, 0.29) is 29.9 Å². The summed E-state index contributed by atoms with van der Waals surface area (Å²) in [4.78, 5) is 22.7. The molecule has 2 aliphatic carbocycles. The summed E-state index contributed by atoms with van der Waals surface area (Å²) in [6, 6.07) is 9.59. The maximum absolute atomic E-state index is 16.0. The van der Waals surface area contributed by atoms with Gasteiger partial charge in [-0.1, -0.05) is 34.6 Å². The lowest BCUT2D eigenvalue weighted by Gasteiger charge is -2.24. The van der Waals surface area contributed by atoms with Crippen molar-refractivity contribution in [1.29, 1.82) is 0 Å². The Morgan fingerprint density at radius 2 is 1.78 bits per heavy atom. The molecule has 0 aliphatic heterocycles. The van der Waals surface area contributed by atoms with Gasteiger partial charge in [0, 0.05) is 52.6 Å². The van der Waals surface area contributed by atoms with E-state index in [0.29, 0.717) is 53.0 Å². The number of benzene rings is 2. The summed E-state index contributed by atoms with van der Waals surface area (Å²) in [7, 11) is 4.02. The molecule has 4 aromatic rings. The number of methoxy groups -OCH3 is 1. The number of nitrogens with zero attached hydrogens (tertiary/aromatic N) is 2. The molecule has 4 N–H and O–H groups in total. The Morgan fingerprint density at radius 1 is 1.10 bits per heavy atom. The highest BCUT2D eigenvalue weighted by molar-refractivity contribution is 9.10. The molecule has 1 saturated carbocycles. The maximum atomic E-state index is 16.0. The van der Waals surface area contributed by atoms with Crippen molar-refractivity contribution >= 4 is 32.7 Å². The number of fused-ring (bicyclic) bond motifs is 2. The molecule has 6 rings (SSSR count). The number of hydrogen-bond donors (Lipinski definition) is 3. The Bertz CT molecular complexity index is 1760. The number of ether oxygens (including phenoxy) is 1. The van der Waals surface area contributed by atoms with Gasteiger partial charge in [0.1, 0.15) is 28.6 Å². The van der Waals surface area contributed by atoms with Crippen LogP contribution in [0.5, 0.6) is 5.75 Å². The second-order valence-corrected chi connectivity index (χ2v) is 13.0. The highest BCUT2D eigenvalue weighted by Gasteiger charge is 2.52. The SMILES string of the molecule is CC.CN.CO.COc1cc(C(=O)NCC(c2cc3c(c(-c4cc(C(C)C)c(F)cc4F)n2)CCC3C)C2(F)CC2)cc2cc(Br)cnc12. The number of amides is 1. The number of nitrogens with two attached hydrogens (primary N) is 1. The standard InChI is InChI=1S/C34H33BrF3N3O2.C2H6.CH5N.CH4O/c1-17(2)23-12-25(28(37)14-27(23)36)32-22-6-5-18(3)24(22)13-29(41-32)26(34(38)7-8-34)16-40-33(42)20-9-19-10-21(35)15-39-31(19)30(11-20)43-4;3*1-2/h9-15,17-18,26H,5-8,16H2,1-4H3,(H,40,42);1-2H3;2H2,1H3;2H,1H3. The van der Waals surface area contributed by atoms with Gasteiger partial charge in [0.15, 0.2) is 0 Å². The van der Waals surface area contributed by atoms with E-state index in [4.69, 9.17) is 14.8 Å². The van der Waals surface area contributed by atoms with Gasteiger partial charge in [-0.25, -0.2) is 13.2 Å². The normalized spacial score (nSPS) is 15.9. The number of rotatable bonds is 8. The van der Waals surface area contributed by atoms with Crippen LogP contribution in [0.4, 0.5) is 13.2 Å². The van der Waals surface area contributed by atoms with E-state index >= 15 is 8.78 Å². The van der Waals surface area contributed by atoms with Crippen molar-refractivity contribution in [2.45, 2.75) is 83.7 Å². The monoisotopic (exact) mass is 744 g/mol. The van der Waals surface area contributed by atoms with Crippen molar-refractivity contribution in [2.75, 3.05) is 27.8 Å². The first-order chi connectivity index (χ1) is 23.5. The molecule has 11 heteroatoms. The molecule has 7 nitrogen and oxygen atoms in total. The molecule has 2 atom stereocenters. The summed E-state index contributed by atoms with van der Waals surface area (Å²) in [5.41, 5.74) is 7.43. The first-order valence-corrected chi connectivity index (χ1v) is 17.4. The number of carbonyl (C=O) groups is 1. The van der Waals surface area contributed by atoms with E-state index in [1.54, 1.807) is 24.4 Å². The summed E-state index contributed by atoms with van der Waals surface area (Å²) < 4.78 is 52.2. The molecule has 2 aliphatic rings. The summed E-state index contributed by atoms with van der Waals surface area (Å²) >= 11 is 3.42. The highest BCUT2D eigenvalue weighted by Crippen LogP contribution is 2.52. The lowest BCUT2D eigenvalue weighted by molar-refractivity contribution is 0.0944. The summed E-state index contributed by atoms with van der Waals surface area (Å²) in [5, 5.41) is 10.6. The number of aliphatic hydroxyl groups is 1. The van der Waals surface area contributed by atoms with Crippen LogP contribution in [0.15, 0.2) is 47.1 Å². The Morgan fingerprint density at radius 3 is 2.39 bits per heavy atom.